The zero-order chi connectivity index (χ0) is 21.5. The van der Waals surface area contributed by atoms with Crippen molar-refractivity contribution in [2.45, 2.75) is 0 Å². The van der Waals surface area contributed by atoms with Gasteiger partial charge < -0.3 is 0 Å². The third-order valence-electron chi connectivity index (χ3n) is 5.39. The number of hydrogen-bond acceptors (Lipinski definition) is 4. The molecule has 0 aliphatic rings. The number of fused-ring (bicyclic) bond motifs is 3. The summed E-state index contributed by atoms with van der Waals surface area (Å²) in [6.45, 7) is 0. The van der Waals surface area contributed by atoms with E-state index >= 15 is 0 Å². The fourth-order valence-electron chi connectivity index (χ4n) is 3.83. The predicted octanol–water partition coefficient (Wildman–Crippen LogP) is 7.89. The molecule has 0 spiro atoms. The highest BCUT2D eigenvalue weighted by Gasteiger charge is 2.13. The second-order valence-corrected chi connectivity index (χ2v) is 9.01. The summed E-state index contributed by atoms with van der Waals surface area (Å²) in [5, 5.41) is 3.12. The minimum absolute atomic E-state index is 0.662. The molecule has 6 rings (SSSR count). The maximum absolute atomic E-state index is 6.23. The van der Waals surface area contributed by atoms with Gasteiger partial charge in [0.2, 0.25) is 0 Å². The van der Waals surface area contributed by atoms with Crippen LogP contribution in [0.5, 0.6) is 0 Å². The van der Waals surface area contributed by atoms with Gasteiger partial charge in [-0.3, -0.25) is 0 Å². The molecule has 0 saturated carbocycles. The molecule has 4 aromatic carbocycles. The van der Waals surface area contributed by atoms with E-state index in [9.17, 15) is 0 Å². The second kappa shape index (κ2) is 7.83. The monoisotopic (exact) mass is 449 g/mol. The number of aromatic nitrogens is 3. The number of thiophene rings is 1. The molecule has 0 N–H and O–H groups in total. The van der Waals surface area contributed by atoms with Crippen LogP contribution in [0.25, 0.3) is 54.3 Å². The molecule has 2 aromatic heterocycles. The van der Waals surface area contributed by atoms with E-state index in [1.165, 1.54) is 20.2 Å². The maximum Gasteiger partial charge on any atom is 0.164 e. The number of rotatable bonds is 3. The van der Waals surface area contributed by atoms with Crippen LogP contribution in [-0.2, 0) is 0 Å². The summed E-state index contributed by atoms with van der Waals surface area (Å²) in [5.74, 6) is 1.99. The Labute approximate surface area is 194 Å². The van der Waals surface area contributed by atoms with Crippen molar-refractivity contribution >= 4 is 43.1 Å². The van der Waals surface area contributed by atoms with Crippen LogP contribution in [-0.4, -0.2) is 15.0 Å². The Morgan fingerprint density at radius 2 is 1.09 bits per heavy atom. The first-order chi connectivity index (χ1) is 15.7. The quantitative estimate of drug-likeness (QED) is 0.275. The van der Waals surface area contributed by atoms with Gasteiger partial charge in [-0.25, -0.2) is 15.0 Å². The van der Waals surface area contributed by atoms with E-state index in [-0.39, 0.29) is 0 Å². The maximum atomic E-state index is 6.23. The number of halogens is 1. The van der Waals surface area contributed by atoms with Crippen LogP contribution in [0.15, 0.2) is 97.1 Å². The van der Waals surface area contributed by atoms with E-state index in [0.717, 1.165) is 21.7 Å². The fourth-order valence-corrected chi connectivity index (χ4v) is 5.12. The lowest BCUT2D eigenvalue weighted by Gasteiger charge is -2.08. The van der Waals surface area contributed by atoms with Crippen LogP contribution >= 0.6 is 22.9 Å². The third-order valence-corrected chi connectivity index (χ3v) is 6.76. The summed E-state index contributed by atoms with van der Waals surface area (Å²) < 4.78 is 2.40. The Kier molecular flexibility index (Phi) is 4.67. The van der Waals surface area contributed by atoms with E-state index in [1.54, 1.807) is 11.3 Å². The van der Waals surface area contributed by atoms with Gasteiger partial charge in [-0.1, -0.05) is 84.4 Å². The van der Waals surface area contributed by atoms with E-state index in [0.29, 0.717) is 17.5 Å². The molecular weight excluding hydrogens is 434 g/mol. The van der Waals surface area contributed by atoms with E-state index in [2.05, 4.69) is 24.3 Å². The van der Waals surface area contributed by atoms with Crippen molar-refractivity contribution < 1.29 is 0 Å². The number of hydrogen-bond donors (Lipinski definition) is 0. The summed E-state index contributed by atoms with van der Waals surface area (Å²) in [6, 6.07) is 32.5. The lowest BCUT2D eigenvalue weighted by Crippen LogP contribution is -1.99. The second-order valence-electron chi connectivity index (χ2n) is 7.49. The molecule has 2 heterocycles. The summed E-state index contributed by atoms with van der Waals surface area (Å²) in [7, 11) is 0. The molecule has 32 heavy (non-hydrogen) atoms. The molecule has 152 valence electrons. The molecule has 0 fully saturated rings. The van der Waals surface area contributed by atoms with E-state index < -0.39 is 0 Å². The summed E-state index contributed by atoms with van der Waals surface area (Å²) in [4.78, 5) is 14.4. The summed E-state index contributed by atoms with van der Waals surface area (Å²) >= 11 is 7.98. The molecule has 3 nitrogen and oxygen atoms in total. The zero-order valence-electron chi connectivity index (χ0n) is 16.9. The van der Waals surface area contributed by atoms with Crippen LogP contribution in [0.3, 0.4) is 0 Å². The molecule has 0 unspecified atom stereocenters. The molecule has 0 aliphatic heterocycles. The average molecular weight is 450 g/mol. The molecule has 0 aliphatic carbocycles. The molecule has 6 aromatic rings. The predicted molar refractivity (Wildman–Crippen MR) is 134 cm³/mol. The lowest BCUT2D eigenvalue weighted by atomic mass is 10.1. The fraction of sp³-hybridized carbons (Fsp3) is 0. The lowest BCUT2D eigenvalue weighted by molar-refractivity contribution is 1.07. The standard InChI is InChI=1S/C27H16ClN3S/c28-20-12-14-23-22(16-20)21-13-11-19(15-24(21)32-23)27-30-25(17-7-3-1-4-8-17)29-26(31-27)18-9-5-2-6-10-18/h1-16H. The minimum atomic E-state index is 0.662. The highest BCUT2D eigenvalue weighted by Crippen LogP contribution is 2.37. The Hall–Kier alpha value is -3.60. The van der Waals surface area contributed by atoms with Crippen molar-refractivity contribution in [2.75, 3.05) is 0 Å². The summed E-state index contributed by atoms with van der Waals surface area (Å²) in [5.41, 5.74) is 2.89. The van der Waals surface area contributed by atoms with Gasteiger partial charge in [-0.2, -0.15) is 0 Å². The highest BCUT2D eigenvalue weighted by molar-refractivity contribution is 7.25. The largest absolute Gasteiger partial charge is 0.208 e. The van der Waals surface area contributed by atoms with Crippen LogP contribution in [0.4, 0.5) is 0 Å². The smallest absolute Gasteiger partial charge is 0.164 e. The van der Waals surface area contributed by atoms with Crippen molar-refractivity contribution in [3.8, 4) is 34.2 Å². The van der Waals surface area contributed by atoms with Gasteiger partial charge >= 0.3 is 0 Å². The molecule has 5 heteroatoms. The van der Waals surface area contributed by atoms with Crippen LogP contribution in [0.2, 0.25) is 5.02 Å². The normalized spacial score (nSPS) is 11.3. The van der Waals surface area contributed by atoms with Crippen LogP contribution in [0.1, 0.15) is 0 Å². The topological polar surface area (TPSA) is 38.7 Å². The molecular formula is C27H16ClN3S. The summed E-state index contributed by atoms with van der Waals surface area (Å²) in [6.07, 6.45) is 0. The zero-order valence-corrected chi connectivity index (χ0v) is 18.4. The number of nitrogens with zero attached hydrogens (tertiary/aromatic N) is 3. The van der Waals surface area contributed by atoms with E-state index in [4.69, 9.17) is 26.6 Å². The van der Waals surface area contributed by atoms with Crippen molar-refractivity contribution in [1.29, 1.82) is 0 Å². The first kappa shape index (κ1) is 19.1. The van der Waals surface area contributed by atoms with Crippen molar-refractivity contribution in [2.24, 2.45) is 0 Å². The number of benzene rings is 4. The molecule has 0 bridgehead atoms. The highest BCUT2D eigenvalue weighted by atomic mass is 35.5. The first-order valence-corrected chi connectivity index (χ1v) is 11.4. The van der Waals surface area contributed by atoms with Gasteiger partial charge in [-0.15, -0.1) is 11.3 Å². The Morgan fingerprint density at radius 1 is 0.500 bits per heavy atom. The Balaban J connectivity index is 1.55. The average Bonchev–Trinajstić information content (AvgIpc) is 3.22. The van der Waals surface area contributed by atoms with Crippen molar-refractivity contribution in [3.05, 3.63) is 102 Å². The van der Waals surface area contributed by atoms with Crippen molar-refractivity contribution in [1.82, 2.24) is 15.0 Å². The van der Waals surface area contributed by atoms with Gasteiger partial charge in [0.05, 0.1) is 0 Å². The van der Waals surface area contributed by atoms with Crippen LogP contribution < -0.4 is 0 Å². The van der Waals surface area contributed by atoms with Gasteiger partial charge in [-0.05, 0) is 24.3 Å². The Bertz CT molecular complexity index is 1520. The van der Waals surface area contributed by atoms with E-state index in [1.807, 2.05) is 72.8 Å². The molecule has 0 amide bonds. The molecule has 0 radical (unpaired) electrons. The minimum Gasteiger partial charge on any atom is -0.208 e. The van der Waals surface area contributed by atoms with Gasteiger partial charge in [0.15, 0.2) is 17.5 Å². The van der Waals surface area contributed by atoms with Crippen LogP contribution in [0, 0.1) is 0 Å². The van der Waals surface area contributed by atoms with Gasteiger partial charge in [0.25, 0.3) is 0 Å². The Morgan fingerprint density at radius 3 is 1.72 bits per heavy atom. The van der Waals surface area contributed by atoms with Gasteiger partial charge in [0, 0.05) is 41.9 Å². The third kappa shape index (κ3) is 3.44. The molecule has 0 atom stereocenters. The first-order valence-electron chi connectivity index (χ1n) is 10.2. The SMILES string of the molecule is Clc1ccc2sc3cc(-c4nc(-c5ccccc5)nc(-c5ccccc5)n4)ccc3c2c1. The van der Waals surface area contributed by atoms with Gasteiger partial charge in [0.1, 0.15) is 0 Å². The van der Waals surface area contributed by atoms with Crippen molar-refractivity contribution in [3.63, 3.8) is 0 Å². The molecule has 0 saturated heterocycles.